The lowest BCUT2D eigenvalue weighted by Crippen LogP contribution is -2.43. The molecule has 0 spiro atoms. The van der Waals surface area contributed by atoms with Crippen LogP contribution in [-0.4, -0.2) is 54.7 Å². The maximum Gasteiger partial charge on any atom is 0.321 e. The zero-order chi connectivity index (χ0) is 16.1. The molecule has 126 valence electrons. The van der Waals surface area contributed by atoms with E-state index in [1.807, 2.05) is 36.1 Å². The van der Waals surface area contributed by atoms with Crippen molar-refractivity contribution in [3.05, 3.63) is 24.3 Å². The molecule has 0 radical (unpaired) electrons. The molecule has 2 fully saturated rings. The zero-order valence-corrected chi connectivity index (χ0v) is 14.0. The third kappa shape index (κ3) is 4.16. The van der Waals surface area contributed by atoms with Crippen molar-refractivity contribution in [2.45, 2.75) is 38.6 Å². The van der Waals surface area contributed by atoms with Crippen molar-refractivity contribution in [1.29, 1.82) is 0 Å². The first-order valence-electron chi connectivity index (χ1n) is 8.79. The molecule has 1 aliphatic heterocycles. The zero-order valence-electron chi connectivity index (χ0n) is 14.0. The summed E-state index contributed by atoms with van der Waals surface area (Å²) < 4.78 is 5.42. The van der Waals surface area contributed by atoms with E-state index >= 15 is 0 Å². The van der Waals surface area contributed by atoms with Crippen molar-refractivity contribution < 1.29 is 9.53 Å². The largest absolute Gasteiger partial charge is 0.494 e. The van der Waals surface area contributed by atoms with Crippen LogP contribution in [0, 0.1) is 0 Å². The number of amides is 2. The normalized spacial score (nSPS) is 19.8. The first kappa shape index (κ1) is 16.1. The summed E-state index contributed by atoms with van der Waals surface area (Å²) in [6, 6.07) is 8.33. The average Bonchev–Trinajstić information content (AvgIpc) is 2.74. The Bertz CT molecular complexity index is 514. The fourth-order valence-electron chi connectivity index (χ4n) is 3.26. The number of nitrogens with one attached hydrogen (secondary N) is 1. The van der Waals surface area contributed by atoms with Crippen LogP contribution in [-0.2, 0) is 0 Å². The quantitative estimate of drug-likeness (QED) is 0.927. The molecule has 5 heteroatoms. The second-order valence-corrected chi connectivity index (χ2v) is 6.35. The Morgan fingerprint density at radius 1 is 1.13 bits per heavy atom. The van der Waals surface area contributed by atoms with Crippen molar-refractivity contribution in [3.63, 3.8) is 0 Å². The van der Waals surface area contributed by atoms with E-state index in [1.165, 1.54) is 19.3 Å². The monoisotopic (exact) mass is 317 g/mol. The van der Waals surface area contributed by atoms with Crippen molar-refractivity contribution >= 4 is 11.7 Å². The molecule has 1 aromatic carbocycles. The van der Waals surface area contributed by atoms with Crippen molar-refractivity contribution in [3.8, 4) is 5.75 Å². The fourth-order valence-corrected chi connectivity index (χ4v) is 3.26. The molecule has 0 atom stereocenters. The van der Waals surface area contributed by atoms with Crippen LogP contribution in [0.3, 0.4) is 0 Å². The highest BCUT2D eigenvalue weighted by Crippen LogP contribution is 2.25. The molecular weight excluding hydrogens is 290 g/mol. The van der Waals surface area contributed by atoms with Crippen molar-refractivity contribution in [2.75, 3.05) is 38.1 Å². The van der Waals surface area contributed by atoms with Crippen LogP contribution < -0.4 is 10.1 Å². The summed E-state index contributed by atoms with van der Waals surface area (Å²) in [4.78, 5) is 17.0. The van der Waals surface area contributed by atoms with Gasteiger partial charge in [-0.05, 0) is 50.5 Å². The molecule has 0 bridgehead atoms. The van der Waals surface area contributed by atoms with Gasteiger partial charge in [0.2, 0.25) is 0 Å². The van der Waals surface area contributed by atoms with Crippen LogP contribution >= 0.6 is 0 Å². The minimum Gasteiger partial charge on any atom is -0.494 e. The third-order valence-corrected chi connectivity index (χ3v) is 4.83. The van der Waals surface area contributed by atoms with Gasteiger partial charge in [0.05, 0.1) is 6.61 Å². The predicted octanol–water partition coefficient (Wildman–Crippen LogP) is 3.18. The lowest BCUT2D eigenvalue weighted by Gasteiger charge is -2.36. The summed E-state index contributed by atoms with van der Waals surface area (Å²) in [5.41, 5.74) is 0.818. The van der Waals surface area contributed by atoms with Crippen molar-refractivity contribution in [2.24, 2.45) is 0 Å². The van der Waals surface area contributed by atoms with Crippen LogP contribution in [0.15, 0.2) is 24.3 Å². The number of carbonyl (C=O) groups excluding carboxylic acids is 1. The molecule has 2 amide bonds. The Balaban J connectivity index is 1.51. The molecule has 2 aliphatic rings. The summed E-state index contributed by atoms with van der Waals surface area (Å²) in [5, 5.41) is 2.99. The second-order valence-electron chi connectivity index (χ2n) is 6.35. The van der Waals surface area contributed by atoms with E-state index < -0.39 is 0 Å². The number of carbonyl (C=O) groups is 1. The number of hydrogen-bond donors (Lipinski definition) is 1. The van der Waals surface area contributed by atoms with E-state index in [0.29, 0.717) is 6.61 Å². The molecule has 1 heterocycles. The van der Waals surface area contributed by atoms with Crippen molar-refractivity contribution in [1.82, 2.24) is 9.80 Å². The van der Waals surface area contributed by atoms with Gasteiger partial charge in [-0.25, -0.2) is 4.79 Å². The second kappa shape index (κ2) is 7.68. The van der Waals surface area contributed by atoms with Gasteiger partial charge in [0.1, 0.15) is 5.75 Å². The molecule has 3 rings (SSSR count). The van der Waals surface area contributed by atoms with Gasteiger partial charge in [-0.15, -0.1) is 0 Å². The lowest BCUT2D eigenvalue weighted by molar-refractivity contribution is 0.132. The first-order valence-corrected chi connectivity index (χ1v) is 8.79. The molecule has 0 aromatic heterocycles. The summed E-state index contributed by atoms with van der Waals surface area (Å²) in [6.07, 6.45) is 5.09. The highest BCUT2D eigenvalue weighted by atomic mass is 16.5. The van der Waals surface area contributed by atoms with Gasteiger partial charge in [0.25, 0.3) is 0 Å². The lowest BCUT2D eigenvalue weighted by atomic mass is 9.91. The smallest absolute Gasteiger partial charge is 0.321 e. The topological polar surface area (TPSA) is 44.8 Å². The Labute approximate surface area is 138 Å². The maximum atomic E-state index is 12.5. The van der Waals surface area contributed by atoms with Gasteiger partial charge in [-0.2, -0.15) is 0 Å². The third-order valence-electron chi connectivity index (χ3n) is 4.83. The number of ether oxygens (including phenoxy) is 1. The van der Waals surface area contributed by atoms with Gasteiger partial charge in [0.15, 0.2) is 0 Å². The van der Waals surface area contributed by atoms with Crippen LogP contribution in [0.1, 0.15) is 32.6 Å². The van der Waals surface area contributed by atoms with Gasteiger partial charge in [0, 0.05) is 37.9 Å². The molecule has 1 N–H and O–H groups in total. The Kier molecular flexibility index (Phi) is 5.39. The van der Waals surface area contributed by atoms with E-state index in [4.69, 9.17) is 4.74 Å². The van der Waals surface area contributed by atoms with Gasteiger partial charge < -0.3 is 15.0 Å². The van der Waals surface area contributed by atoms with Crippen LogP contribution in [0.2, 0.25) is 0 Å². The molecule has 1 aromatic rings. The Hall–Kier alpha value is -1.75. The number of rotatable bonds is 4. The van der Waals surface area contributed by atoms with Crippen LogP contribution in [0.4, 0.5) is 10.5 Å². The molecule has 1 saturated carbocycles. The minimum atomic E-state index is 0.00428. The van der Waals surface area contributed by atoms with Gasteiger partial charge in [-0.1, -0.05) is 6.42 Å². The fraction of sp³-hybridized carbons (Fsp3) is 0.611. The highest BCUT2D eigenvalue weighted by Gasteiger charge is 2.27. The molecule has 5 nitrogen and oxygen atoms in total. The van der Waals surface area contributed by atoms with E-state index in [-0.39, 0.29) is 6.03 Å². The van der Waals surface area contributed by atoms with Gasteiger partial charge in [-0.3, -0.25) is 4.90 Å². The van der Waals surface area contributed by atoms with E-state index in [1.54, 1.807) is 0 Å². The molecule has 1 aliphatic carbocycles. The number of benzene rings is 1. The molecular formula is C18H27N3O2. The van der Waals surface area contributed by atoms with E-state index in [0.717, 1.165) is 50.1 Å². The summed E-state index contributed by atoms with van der Waals surface area (Å²) >= 11 is 0. The van der Waals surface area contributed by atoms with Crippen LogP contribution in [0.25, 0.3) is 0 Å². The molecule has 1 saturated heterocycles. The molecule has 23 heavy (non-hydrogen) atoms. The SMILES string of the molecule is CCOc1ccc(NC(=O)N2CCCN(C3CCC3)CC2)cc1. The first-order chi connectivity index (χ1) is 11.3. The predicted molar refractivity (Wildman–Crippen MR) is 92.0 cm³/mol. The van der Waals surface area contributed by atoms with Gasteiger partial charge >= 0.3 is 6.03 Å². The van der Waals surface area contributed by atoms with Crippen LogP contribution in [0.5, 0.6) is 5.75 Å². The average molecular weight is 317 g/mol. The standard InChI is InChI=1S/C18H27N3O2/c1-2-23-17-9-7-15(8-10-17)19-18(22)21-12-4-11-20(13-14-21)16-5-3-6-16/h7-10,16H,2-6,11-14H2,1H3,(H,19,22). The Morgan fingerprint density at radius 3 is 2.57 bits per heavy atom. The maximum absolute atomic E-state index is 12.5. The van der Waals surface area contributed by atoms with E-state index in [2.05, 4.69) is 10.2 Å². The minimum absolute atomic E-state index is 0.00428. The summed E-state index contributed by atoms with van der Waals surface area (Å²) in [6.45, 7) is 6.39. The number of anilines is 1. The number of hydrogen-bond acceptors (Lipinski definition) is 3. The number of urea groups is 1. The summed E-state index contributed by atoms with van der Waals surface area (Å²) in [7, 11) is 0. The highest BCUT2D eigenvalue weighted by molar-refractivity contribution is 5.89. The number of nitrogens with zero attached hydrogens (tertiary/aromatic N) is 2. The summed E-state index contributed by atoms with van der Waals surface area (Å²) in [5.74, 6) is 0.830. The van der Waals surface area contributed by atoms with E-state index in [9.17, 15) is 4.79 Å². The Morgan fingerprint density at radius 2 is 1.91 bits per heavy atom. The molecule has 0 unspecified atom stereocenters.